The molecule has 0 unspecified atom stereocenters. The van der Waals surface area contributed by atoms with Crippen LogP contribution in [-0.4, -0.2) is 21.9 Å². The summed E-state index contributed by atoms with van der Waals surface area (Å²) < 4.78 is 7.07. The van der Waals surface area contributed by atoms with Crippen LogP contribution in [0.5, 0.6) is 5.75 Å². The second kappa shape index (κ2) is 7.26. The molecule has 6 heteroatoms. The quantitative estimate of drug-likeness (QED) is 0.755. The van der Waals surface area contributed by atoms with Gasteiger partial charge in [0.15, 0.2) is 5.82 Å². The fraction of sp³-hybridized carbons (Fsp3) is 0.176. The number of halogens is 1. The van der Waals surface area contributed by atoms with Crippen molar-refractivity contribution in [3.8, 4) is 11.6 Å². The van der Waals surface area contributed by atoms with Gasteiger partial charge in [-0.2, -0.15) is 5.10 Å². The molecule has 2 heterocycles. The van der Waals surface area contributed by atoms with Crippen molar-refractivity contribution in [2.24, 2.45) is 0 Å². The average Bonchev–Trinajstić information content (AvgIpc) is 3.10. The molecule has 0 fully saturated rings. The Kier molecular flexibility index (Phi) is 4.90. The Morgan fingerprint density at radius 2 is 2.13 bits per heavy atom. The first-order valence-electron chi connectivity index (χ1n) is 7.24. The largest absolute Gasteiger partial charge is 0.496 e. The Morgan fingerprint density at radius 3 is 2.83 bits per heavy atom. The summed E-state index contributed by atoms with van der Waals surface area (Å²) in [6.07, 6.45) is 5.44. The van der Waals surface area contributed by atoms with Crippen LogP contribution in [0.3, 0.4) is 0 Å². The Hall–Kier alpha value is -2.37. The van der Waals surface area contributed by atoms with Gasteiger partial charge in [0, 0.05) is 42.3 Å². The normalized spacial score (nSPS) is 10.7. The Morgan fingerprint density at radius 1 is 1.22 bits per heavy atom. The number of nitrogens with one attached hydrogen (secondary N) is 1. The number of nitrogens with zero attached hydrogens (tertiary/aromatic N) is 3. The Labute approximate surface area is 139 Å². The maximum atomic E-state index is 6.03. The third-order valence-electron chi connectivity index (χ3n) is 3.44. The van der Waals surface area contributed by atoms with E-state index in [1.54, 1.807) is 18.0 Å². The molecule has 0 atom stereocenters. The molecule has 0 amide bonds. The lowest BCUT2D eigenvalue weighted by atomic mass is 10.2. The van der Waals surface area contributed by atoms with Crippen LogP contribution in [0.25, 0.3) is 5.82 Å². The zero-order chi connectivity index (χ0) is 16.1. The summed E-state index contributed by atoms with van der Waals surface area (Å²) in [4.78, 5) is 4.41. The lowest BCUT2D eigenvalue weighted by molar-refractivity contribution is 0.407. The molecule has 0 saturated heterocycles. The minimum Gasteiger partial charge on any atom is -0.496 e. The zero-order valence-electron chi connectivity index (χ0n) is 12.7. The topological polar surface area (TPSA) is 52.0 Å². The summed E-state index contributed by atoms with van der Waals surface area (Å²) in [6.45, 7) is 1.38. The molecule has 5 nitrogen and oxygen atoms in total. The van der Waals surface area contributed by atoms with E-state index in [9.17, 15) is 0 Å². The highest BCUT2D eigenvalue weighted by Crippen LogP contribution is 2.22. The molecule has 0 saturated carbocycles. The minimum absolute atomic E-state index is 0.671. The SMILES string of the molecule is COc1ccc(Cl)cc1CNCc1ccc(-n2cccn2)nc1. The van der Waals surface area contributed by atoms with Gasteiger partial charge in [-0.05, 0) is 35.9 Å². The van der Waals surface area contributed by atoms with Gasteiger partial charge in [0.25, 0.3) is 0 Å². The number of rotatable bonds is 6. The first kappa shape index (κ1) is 15.5. The van der Waals surface area contributed by atoms with Crippen LogP contribution >= 0.6 is 11.6 Å². The van der Waals surface area contributed by atoms with Gasteiger partial charge in [-0.15, -0.1) is 0 Å². The van der Waals surface area contributed by atoms with Crippen LogP contribution < -0.4 is 10.1 Å². The van der Waals surface area contributed by atoms with Crippen LogP contribution in [0.15, 0.2) is 55.0 Å². The molecular formula is C17H17ClN4O. The molecule has 3 rings (SSSR count). The first-order chi connectivity index (χ1) is 11.3. The second-order valence-electron chi connectivity index (χ2n) is 5.04. The summed E-state index contributed by atoms with van der Waals surface area (Å²) in [5.74, 6) is 1.63. The molecule has 2 aromatic heterocycles. The highest BCUT2D eigenvalue weighted by molar-refractivity contribution is 6.30. The van der Waals surface area contributed by atoms with Crippen LogP contribution in [0.2, 0.25) is 5.02 Å². The molecule has 1 aromatic carbocycles. The molecule has 118 valence electrons. The predicted molar refractivity (Wildman–Crippen MR) is 89.9 cm³/mol. The molecule has 0 radical (unpaired) electrons. The lowest BCUT2D eigenvalue weighted by Gasteiger charge is -2.10. The van der Waals surface area contributed by atoms with Gasteiger partial charge in [0.2, 0.25) is 0 Å². The van der Waals surface area contributed by atoms with Crippen molar-refractivity contribution in [1.29, 1.82) is 0 Å². The molecular weight excluding hydrogens is 312 g/mol. The molecule has 1 N–H and O–H groups in total. The maximum absolute atomic E-state index is 6.03. The molecule has 23 heavy (non-hydrogen) atoms. The van der Waals surface area contributed by atoms with Crippen LogP contribution in [-0.2, 0) is 13.1 Å². The number of hydrogen-bond acceptors (Lipinski definition) is 4. The van der Waals surface area contributed by atoms with E-state index < -0.39 is 0 Å². The van der Waals surface area contributed by atoms with Gasteiger partial charge in [-0.3, -0.25) is 0 Å². The molecule has 0 bridgehead atoms. The number of pyridine rings is 1. The summed E-state index contributed by atoms with van der Waals surface area (Å²) >= 11 is 6.03. The average molecular weight is 329 g/mol. The van der Waals surface area contributed by atoms with Gasteiger partial charge in [-0.1, -0.05) is 17.7 Å². The lowest BCUT2D eigenvalue weighted by Crippen LogP contribution is -2.13. The van der Waals surface area contributed by atoms with Gasteiger partial charge in [-0.25, -0.2) is 9.67 Å². The molecule has 0 aliphatic carbocycles. The fourth-order valence-corrected chi connectivity index (χ4v) is 2.48. The zero-order valence-corrected chi connectivity index (χ0v) is 13.5. The summed E-state index contributed by atoms with van der Waals surface area (Å²) in [6, 6.07) is 11.5. The predicted octanol–water partition coefficient (Wildman–Crippen LogP) is 3.22. The third-order valence-corrected chi connectivity index (χ3v) is 3.67. The van der Waals surface area contributed by atoms with Crippen molar-refractivity contribution in [1.82, 2.24) is 20.1 Å². The van der Waals surface area contributed by atoms with E-state index in [2.05, 4.69) is 15.4 Å². The van der Waals surface area contributed by atoms with Crippen molar-refractivity contribution in [3.05, 3.63) is 71.1 Å². The maximum Gasteiger partial charge on any atom is 0.153 e. The number of hydrogen-bond donors (Lipinski definition) is 1. The van der Waals surface area contributed by atoms with E-state index in [1.165, 1.54) is 0 Å². The van der Waals surface area contributed by atoms with Gasteiger partial charge in [0.1, 0.15) is 5.75 Å². The van der Waals surface area contributed by atoms with Crippen molar-refractivity contribution >= 4 is 11.6 Å². The Balaban J connectivity index is 1.60. The van der Waals surface area contributed by atoms with E-state index in [0.29, 0.717) is 18.1 Å². The summed E-state index contributed by atoms with van der Waals surface area (Å²) in [5.41, 5.74) is 2.13. The number of methoxy groups -OCH3 is 1. The summed E-state index contributed by atoms with van der Waals surface area (Å²) in [5, 5.41) is 8.23. The molecule has 0 aliphatic heterocycles. The van der Waals surface area contributed by atoms with E-state index in [1.807, 2.05) is 48.8 Å². The van der Waals surface area contributed by atoms with Gasteiger partial charge >= 0.3 is 0 Å². The minimum atomic E-state index is 0.671. The third kappa shape index (κ3) is 3.88. The number of aromatic nitrogens is 3. The van der Waals surface area contributed by atoms with Gasteiger partial charge in [0.05, 0.1) is 7.11 Å². The highest BCUT2D eigenvalue weighted by atomic mass is 35.5. The van der Waals surface area contributed by atoms with Crippen molar-refractivity contribution in [2.45, 2.75) is 13.1 Å². The fourth-order valence-electron chi connectivity index (χ4n) is 2.29. The molecule has 0 spiro atoms. The standard InChI is InChI=1S/C17H17ClN4O/c1-23-16-5-4-15(18)9-14(16)12-19-10-13-3-6-17(20-11-13)22-8-2-7-21-22/h2-9,11,19H,10,12H2,1H3. The summed E-state index contributed by atoms with van der Waals surface area (Å²) in [7, 11) is 1.66. The smallest absolute Gasteiger partial charge is 0.153 e. The molecule has 0 aliphatic rings. The van der Waals surface area contributed by atoms with Crippen molar-refractivity contribution in [2.75, 3.05) is 7.11 Å². The number of ether oxygens (including phenoxy) is 1. The number of benzene rings is 1. The van der Waals surface area contributed by atoms with Crippen LogP contribution in [0, 0.1) is 0 Å². The van der Waals surface area contributed by atoms with Crippen molar-refractivity contribution < 1.29 is 4.74 Å². The second-order valence-corrected chi connectivity index (χ2v) is 5.47. The van der Waals surface area contributed by atoms with Gasteiger partial charge < -0.3 is 10.1 Å². The van der Waals surface area contributed by atoms with E-state index in [4.69, 9.17) is 16.3 Å². The van der Waals surface area contributed by atoms with Crippen molar-refractivity contribution in [3.63, 3.8) is 0 Å². The monoisotopic (exact) mass is 328 g/mol. The van der Waals surface area contributed by atoms with E-state index >= 15 is 0 Å². The Bertz CT molecular complexity index is 757. The van der Waals surface area contributed by atoms with Crippen LogP contribution in [0.1, 0.15) is 11.1 Å². The van der Waals surface area contributed by atoms with E-state index in [-0.39, 0.29) is 0 Å². The van der Waals surface area contributed by atoms with Crippen LogP contribution in [0.4, 0.5) is 0 Å². The van der Waals surface area contributed by atoms with E-state index in [0.717, 1.165) is 22.7 Å². The highest BCUT2D eigenvalue weighted by Gasteiger charge is 2.04. The first-order valence-corrected chi connectivity index (χ1v) is 7.62. The molecule has 3 aromatic rings.